The van der Waals surface area contributed by atoms with Crippen molar-refractivity contribution in [1.29, 1.82) is 0 Å². The van der Waals surface area contributed by atoms with Gasteiger partial charge in [-0.05, 0) is 6.42 Å². The first kappa shape index (κ1) is 16.6. The third-order valence-electron chi connectivity index (χ3n) is 2.72. The van der Waals surface area contributed by atoms with Crippen LogP contribution in [0.3, 0.4) is 0 Å². The fourth-order valence-corrected chi connectivity index (χ4v) is 1.80. The smallest absolute Gasteiger partial charge is 0.158 e. The highest BCUT2D eigenvalue weighted by Crippen LogP contribution is 2.15. The van der Waals surface area contributed by atoms with Crippen LogP contribution < -0.4 is 10.6 Å². The van der Waals surface area contributed by atoms with Gasteiger partial charge in [-0.15, -0.1) is 0 Å². The molecule has 20 heavy (non-hydrogen) atoms. The van der Waals surface area contributed by atoms with Crippen molar-refractivity contribution in [3.05, 3.63) is 11.9 Å². The molecule has 1 rings (SSSR count). The molecular formula is C13H24N4O3. The van der Waals surface area contributed by atoms with Crippen LogP contribution in [-0.2, 0) is 20.8 Å². The quantitative estimate of drug-likeness (QED) is 0.633. The van der Waals surface area contributed by atoms with E-state index in [1.54, 1.807) is 27.4 Å². The van der Waals surface area contributed by atoms with E-state index in [9.17, 15) is 0 Å². The monoisotopic (exact) mass is 284 g/mol. The molecule has 0 unspecified atom stereocenters. The average Bonchev–Trinajstić information content (AvgIpc) is 2.42. The van der Waals surface area contributed by atoms with Crippen LogP contribution in [0.5, 0.6) is 0 Å². The van der Waals surface area contributed by atoms with Crippen molar-refractivity contribution in [1.82, 2.24) is 9.97 Å². The molecule has 1 aromatic heterocycles. The molecule has 1 heterocycles. The maximum atomic E-state index is 5.82. The Hall–Kier alpha value is -1.44. The average molecular weight is 284 g/mol. The van der Waals surface area contributed by atoms with Crippen LogP contribution in [0.25, 0.3) is 0 Å². The number of rotatable bonds is 10. The van der Waals surface area contributed by atoms with Crippen molar-refractivity contribution in [2.24, 2.45) is 0 Å². The van der Waals surface area contributed by atoms with Gasteiger partial charge in [0, 0.05) is 47.1 Å². The molecule has 1 aromatic rings. The Morgan fingerprint density at radius 3 is 2.45 bits per heavy atom. The molecule has 0 bridgehead atoms. The zero-order valence-corrected chi connectivity index (χ0v) is 12.5. The van der Waals surface area contributed by atoms with Gasteiger partial charge in [-0.1, -0.05) is 0 Å². The van der Waals surface area contributed by atoms with E-state index >= 15 is 0 Å². The van der Waals surface area contributed by atoms with E-state index in [2.05, 4.69) is 14.9 Å². The predicted octanol–water partition coefficient (Wildman–Crippen LogP) is 0.695. The maximum Gasteiger partial charge on any atom is 0.158 e. The molecule has 114 valence electrons. The zero-order valence-electron chi connectivity index (χ0n) is 12.5. The summed E-state index contributed by atoms with van der Waals surface area (Å²) in [6.07, 6.45) is 0.906. The van der Waals surface area contributed by atoms with Crippen molar-refractivity contribution in [3.8, 4) is 0 Å². The van der Waals surface area contributed by atoms with Crippen molar-refractivity contribution in [3.63, 3.8) is 0 Å². The van der Waals surface area contributed by atoms with Crippen LogP contribution in [0.1, 0.15) is 12.2 Å². The first-order valence-electron chi connectivity index (χ1n) is 6.56. The number of nitrogen functional groups attached to an aromatic ring is 1. The lowest BCUT2D eigenvalue weighted by Crippen LogP contribution is -2.30. The van der Waals surface area contributed by atoms with Crippen molar-refractivity contribution >= 4 is 11.6 Å². The fraction of sp³-hybridized carbons (Fsp3) is 0.692. The van der Waals surface area contributed by atoms with Crippen molar-refractivity contribution in [2.75, 3.05) is 58.3 Å². The second kappa shape index (κ2) is 9.46. The number of hydrogen-bond donors (Lipinski definition) is 1. The van der Waals surface area contributed by atoms with Gasteiger partial charge in [-0.3, -0.25) is 0 Å². The van der Waals surface area contributed by atoms with E-state index in [4.69, 9.17) is 19.9 Å². The number of methoxy groups -OCH3 is 3. The lowest BCUT2D eigenvalue weighted by atomic mass is 10.3. The van der Waals surface area contributed by atoms with E-state index in [0.717, 1.165) is 25.3 Å². The number of ether oxygens (including phenoxy) is 3. The molecule has 0 saturated carbocycles. The topological polar surface area (TPSA) is 82.7 Å². The Morgan fingerprint density at radius 1 is 1.05 bits per heavy atom. The minimum atomic E-state index is 0.341. The molecule has 0 spiro atoms. The van der Waals surface area contributed by atoms with Gasteiger partial charge < -0.3 is 24.8 Å². The lowest BCUT2D eigenvalue weighted by Gasteiger charge is -2.23. The summed E-state index contributed by atoms with van der Waals surface area (Å²) in [4.78, 5) is 10.7. The molecule has 0 aliphatic carbocycles. The summed E-state index contributed by atoms with van der Waals surface area (Å²) < 4.78 is 15.3. The molecule has 7 nitrogen and oxygen atoms in total. The van der Waals surface area contributed by atoms with Gasteiger partial charge in [0.25, 0.3) is 0 Å². The Balaban J connectivity index is 2.81. The highest BCUT2D eigenvalue weighted by atomic mass is 16.5. The minimum Gasteiger partial charge on any atom is -0.385 e. The largest absolute Gasteiger partial charge is 0.385 e. The predicted molar refractivity (Wildman–Crippen MR) is 77.7 cm³/mol. The van der Waals surface area contributed by atoms with E-state index in [1.807, 2.05) is 0 Å². The van der Waals surface area contributed by atoms with Crippen LogP contribution >= 0.6 is 0 Å². The Morgan fingerprint density at radius 2 is 1.80 bits per heavy atom. The summed E-state index contributed by atoms with van der Waals surface area (Å²) in [6, 6.07) is 1.77. The zero-order chi connectivity index (χ0) is 14.8. The summed E-state index contributed by atoms with van der Waals surface area (Å²) in [7, 11) is 4.98. The van der Waals surface area contributed by atoms with Gasteiger partial charge in [-0.2, -0.15) is 0 Å². The van der Waals surface area contributed by atoms with Gasteiger partial charge in [-0.25, -0.2) is 9.97 Å². The minimum absolute atomic E-state index is 0.341. The van der Waals surface area contributed by atoms with E-state index in [-0.39, 0.29) is 0 Å². The van der Waals surface area contributed by atoms with Gasteiger partial charge in [0.05, 0.1) is 6.61 Å². The number of hydrogen-bond acceptors (Lipinski definition) is 7. The Labute approximate surface area is 120 Å². The molecular weight excluding hydrogens is 260 g/mol. The molecule has 0 aliphatic rings. The van der Waals surface area contributed by atoms with Crippen LogP contribution in [0.4, 0.5) is 11.6 Å². The molecule has 0 radical (unpaired) electrons. The number of anilines is 2. The van der Waals surface area contributed by atoms with Crippen molar-refractivity contribution < 1.29 is 14.2 Å². The highest BCUT2D eigenvalue weighted by Gasteiger charge is 2.11. The first-order valence-corrected chi connectivity index (χ1v) is 6.56. The molecule has 0 aromatic carbocycles. The maximum absolute atomic E-state index is 5.82. The van der Waals surface area contributed by atoms with Gasteiger partial charge >= 0.3 is 0 Å². The molecule has 0 amide bonds. The lowest BCUT2D eigenvalue weighted by molar-refractivity contribution is 0.177. The van der Waals surface area contributed by atoms with Crippen LogP contribution in [0.2, 0.25) is 0 Å². The van der Waals surface area contributed by atoms with Gasteiger partial charge in [0.15, 0.2) is 5.82 Å². The van der Waals surface area contributed by atoms with Crippen molar-refractivity contribution in [2.45, 2.75) is 13.0 Å². The summed E-state index contributed by atoms with van der Waals surface area (Å²) in [5.41, 5.74) is 5.82. The van der Waals surface area contributed by atoms with E-state index in [0.29, 0.717) is 31.5 Å². The second-order valence-electron chi connectivity index (χ2n) is 4.33. The van der Waals surface area contributed by atoms with E-state index in [1.165, 1.54) is 0 Å². The third kappa shape index (κ3) is 5.68. The Kier molecular flexibility index (Phi) is 7.86. The Bertz CT molecular complexity index is 390. The van der Waals surface area contributed by atoms with Gasteiger partial charge in [0.1, 0.15) is 18.2 Å². The molecule has 0 fully saturated rings. The molecule has 7 heteroatoms. The SMILES string of the molecule is COCCCN(CCOC)c1cc(N)nc(COC)n1. The third-order valence-corrected chi connectivity index (χ3v) is 2.72. The fourth-order valence-electron chi connectivity index (χ4n) is 1.80. The highest BCUT2D eigenvalue weighted by molar-refractivity contribution is 5.47. The number of nitrogens with two attached hydrogens (primary N) is 1. The first-order chi connectivity index (χ1) is 9.71. The summed E-state index contributed by atoms with van der Waals surface area (Å²) in [5.74, 6) is 1.81. The van der Waals surface area contributed by atoms with Crippen LogP contribution in [0, 0.1) is 0 Å². The normalized spacial score (nSPS) is 10.8. The van der Waals surface area contributed by atoms with Gasteiger partial charge in [0.2, 0.25) is 0 Å². The van der Waals surface area contributed by atoms with Crippen LogP contribution in [0.15, 0.2) is 6.07 Å². The molecule has 0 aliphatic heterocycles. The molecule has 0 atom stereocenters. The van der Waals surface area contributed by atoms with E-state index < -0.39 is 0 Å². The molecule has 2 N–H and O–H groups in total. The molecule has 0 saturated heterocycles. The summed E-state index contributed by atoms with van der Waals surface area (Å²) >= 11 is 0. The number of nitrogens with zero attached hydrogens (tertiary/aromatic N) is 3. The summed E-state index contributed by atoms with van der Waals surface area (Å²) in [6.45, 7) is 3.23. The number of aromatic nitrogens is 2. The van der Waals surface area contributed by atoms with Crippen LogP contribution in [-0.4, -0.2) is 57.6 Å². The standard InChI is InChI=1S/C13H24N4O3/c1-18-7-4-5-17(6-8-19-2)13-9-11(14)15-12(16-13)10-20-3/h9H,4-8,10H2,1-3H3,(H2,14,15,16). The summed E-state index contributed by atoms with van der Waals surface area (Å²) in [5, 5.41) is 0. The second-order valence-corrected chi connectivity index (χ2v) is 4.33.